The van der Waals surface area contributed by atoms with Gasteiger partial charge in [0.1, 0.15) is 23.1 Å². The maximum absolute atomic E-state index is 13.0. The molecule has 1 amide bonds. The fraction of sp³-hybridized carbons (Fsp3) is 0.136. The number of nitrogens with one attached hydrogen (secondary N) is 1. The summed E-state index contributed by atoms with van der Waals surface area (Å²) in [6, 6.07) is 20.6. The van der Waals surface area contributed by atoms with Gasteiger partial charge >= 0.3 is 0 Å². The molecule has 0 unspecified atom stereocenters. The Balaban J connectivity index is 1.54. The summed E-state index contributed by atoms with van der Waals surface area (Å²) in [5.74, 6) is 1.57. The van der Waals surface area contributed by atoms with E-state index in [0.29, 0.717) is 24.5 Å². The van der Waals surface area contributed by atoms with Crippen molar-refractivity contribution in [3.8, 4) is 17.2 Å². The minimum Gasteiger partial charge on any atom is -0.497 e. The van der Waals surface area contributed by atoms with E-state index in [0.717, 1.165) is 16.9 Å². The number of halogens is 1. The van der Waals surface area contributed by atoms with Gasteiger partial charge in [-0.25, -0.2) is 4.39 Å². The van der Waals surface area contributed by atoms with Crippen LogP contribution in [0.3, 0.4) is 0 Å². The van der Waals surface area contributed by atoms with Crippen molar-refractivity contribution in [2.45, 2.75) is 13.0 Å². The number of amides is 1. The number of carbonyl (C=O) groups is 1. The molecule has 3 aromatic carbocycles. The van der Waals surface area contributed by atoms with E-state index >= 15 is 0 Å². The quantitative estimate of drug-likeness (QED) is 0.671. The molecule has 0 aromatic heterocycles. The molecule has 0 bridgehead atoms. The van der Waals surface area contributed by atoms with Gasteiger partial charge in [0.05, 0.1) is 13.5 Å². The predicted molar refractivity (Wildman–Crippen MR) is 101 cm³/mol. The summed E-state index contributed by atoms with van der Waals surface area (Å²) in [6.45, 7) is 0.398. The summed E-state index contributed by atoms with van der Waals surface area (Å²) in [5, 5.41) is 2.90. The van der Waals surface area contributed by atoms with Gasteiger partial charge in [-0.05, 0) is 59.7 Å². The SMILES string of the molecule is COc1ccc(CC(=O)NCc2cccc(Oc3ccc(F)cc3)c2)cc1. The fourth-order valence-electron chi connectivity index (χ4n) is 2.55. The van der Waals surface area contributed by atoms with Crippen LogP contribution in [0.15, 0.2) is 72.8 Å². The first kappa shape index (κ1) is 18.5. The zero-order valence-corrected chi connectivity index (χ0v) is 14.9. The zero-order valence-electron chi connectivity index (χ0n) is 14.9. The molecule has 0 saturated heterocycles. The Labute approximate surface area is 157 Å². The topological polar surface area (TPSA) is 47.6 Å². The van der Waals surface area contributed by atoms with Crippen LogP contribution in [0.25, 0.3) is 0 Å². The molecule has 3 aromatic rings. The van der Waals surface area contributed by atoms with Crippen LogP contribution < -0.4 is 14.8 Å². The van der Waals surface area contributed by atoms with Crippen LogP contribution in [0.4, 0.5) is 4.39 Å². The first-order valence-electron chi connectivity index (χ1n) is 8.54. The fourth-order valence-corrected chi connectivity index (χ4v) is 2.55. The van der Waals surface area contributed by atoms with Gasteiger partial charge < -0.3 is 14.8 Å². The van der Waals surface area contributed by atoms with E-state index in [1.54, 1.807) is 19.2 Å². The first-order chi connectivity index (χ1) is 13.1. The average molecular weight is 365 g/mol. The first-order valence-corrected chi connectivity index (χ1v) is 8.54. The summed E-state index contributed by atoms with van der Waals surface area (Å²) < 4.78 is 23.8. The molecule has 0 aliphatic rings. The number of hydrogen-bond donors (Lipinski definition) is 1. The molecule has 0 fully saturated rings. The van der Waals surface area contributed by atoms with Crippen molar-refractivity contribution in [2.75, 3.05) is 7.11 Å². The number of methoxy groups -OCH3 is 1. The largest absolute Gasteiger partial charge is 0.497 e. The van der Waals surface area contributed by atoms with Crippen molar-refractivity contribution in [2.24, 2.45) is 0 Å². The molecular formula is C22H20FNO3. The van der Waals surface area contributed by atoms with Gasteiger partial charge in [-0.3, -0.25) is 4.79 Å². The number of benzene rings is 3. The van der Waals surface area contributed by atoms with E-state index in [4.69, 9.17) is 9.47 Å². The summed E-state index contributed by atoms with van der Waals surface area (Å²) in [6.07, 6.45) is 0.301. The molecule has 3 rings (SSSR count). The molecule has 5 heteroatoms. The van der Waals surface area contributed by atoms with Gasteiger partial charge in [0.15, 0.2) is 0 Å². The summed E-state index contributed by atoms with van der Waals surface area (Å²) in [5.41, 5.74) is 1.83. The molecule has 1 N–H and O–H groups in total. The van der Waals surface area contributed by atoms with Crippen LogP contribution in [0.5, 0.6) is 17.2 Å². The molecule has 27 heavy (non-hydrogen) atoms. The van der Waals surface area contributed by atoms with Gasteiger partial charge in [-0.2, -0.15) is 0 Å². The molecule has 138 valence electrons. The Bertz CT molecular complexity index is 892. The van der Waals surface area contributed by atoms with E-state index in [1.165, 1.54) is 12.1 Å². The molecule has 0 heterocycles. The summed E-state index contributed by atoms with van der Waals surface area (Å²) in [4.78, 5) is 12.1. The third-order valence-electron chi connectivity index (χ3n) is 3.96. The van der Waals surface area contributed by atoms with E-state index in [9.17, 15) is 9.18 Å². The van der Waals surface area contributed by atoms with Gasteiger partial charge in [0.25, 0.3) is 0 Å². The summed E-state index contributed by atoms with van der Waals surface area (Å²) >= 11 is 0. The van der Waals surface area contributed by atoms with E-state index in [1.807, 2.05) is 48.5 Å². The smallest absolute Gasteiger partial charge is 0.224 e. The monoisotopic (exact) mass is 365 g/mol. The Hall–Kier alpha value is -3.34. The lowest BCUT2D eigenvalue weighted by molar-refractivity contribution is -0.120. The van der Waals surface area contributed by atoms with E-state index < -0.39 is 0 Å². The molecule has 0 radical (unpaired) electrons. The third-order valence-corrected chi connectivity index (χ3v) is 3.96. The van der Waals surface area contributed by atoms with Gasteiger partial charge in [0, 0.05) is 6.54 Å². The van der Waals surface area contributed by atoms with Crippen molar-refractivity contribution in [3.63, 3.8) is 0 Å². The van der Waals surface area contributed by atoms with Crippen molar-refractivity contribution in [1.82, 2.24) is 5.32 Å². The highest BCUT2D eigenvalue weighted by Crippen LogP contribution is 2.22. The second-order valence-electron chi connectivity index (χ2n) is 6.00. The average Bonchev–Trinajstić information content (AvgIpc) is 2.69. The van der Waals surface area contributed by atoms with Gasteiger partial charge in [-0.15, -0.1) is 0 Å². The predicted octanol–water partition coefficient (Wildman–Crippen LogP) is 4.49. The number of carbonyl (C=O) groups excluding carboxylic acids is 1. The second-order valence-corrected chi connectivity index (χ2v) is 6.00. The van der Waals surface area contributed by atoms with Crippen molar-refractivity contribution >= 4 is 5.91 Å². The van der Waals surface area contributed by atoms with Crippen molar-refractivity contribution < 1.29 is 18.7 Å². The normalized spacial score (nSPS) is 10.3. The highest BCUT2D eigenvalue weighted by molar-refractivity contribution is 5.78. The van der Waals surface area contributed by atoms with Crippen LogP contribution in [0.1, 0.15) is 11.1 Å². The second kappa shape index (κ2) is 8.85. The lowest BCUT2D eigenvalue weighted by atomic mass is 10.1. The minimum atomic E-state index is -0.310. The Morgan fingerprint density at radius 3 is 2.30 bits per heavy atom. The van der Waals surface area contributed by atoms with Crippen LogP contribution >= 0.6 is 0 Å². The van der Waals surface area contributed by atoms with E-state index in [2.05, 4.69) is 5.32 Å². The van der Waals surface area contributed by atoms with Crippen LogP contribution in [-0.4, -0.2) is 13.0 Å². The van der Waals surface area contributed by atoms with Gasteiger partial charge in [0.2, 0.25) is 5.91 Å². The van der Waals surface area contributed by atoms with Gasteiger partial charge in [-0.1, -0.05) is 24.3 Å². The van der Waals surface area contributed by atoms with Crippen LogP contribution in [0, 0.1) is 5.82 Å². The lowest BCUT2D eigenvalue weighted by Gasteiger charge is -2.09. The highest BCUT2D eigenvalue weighted by atomic mass is 19.1. The number of rotatable bonds is 7. The molecule has 4 nitrogen and oxygen atoms in total. The summed E-state index contributed by atoms with van der Waals surface area (Å²) in [7, 11) is 1.61. The lowest BCUT2D eigenvalue weighted by Crippen LogP contribution is -2.24. The number of hydrogen-bond acceptors (Lipinski definition) is 3. The zero-order chi connectivity index (χ0) is 19.1. The molecule has 0 aliphatic carbocycles. The van der Waals surface area contributed by atoms with E-state index in [-0.39, 0.29) is 11.7 Å². The maximum Gasteiger partial charge on any atom is 0.224 e. The third kappa shape index (κ3) is 5.57. The Morgan fingerprint density at radius 2 is 1.59 bits per heavy atom. The molecular weight excluding hydrogens is 345 g/mol. The highest BCUT2D eigenvalue weighted by Gasteiger charge is 2.05. The van der Waals surface area contributed by atoms with Crippen LogP contribution in [-0.2, 0) is 17.8 Å². The molecule has 0 saturated carbocycles. The molecule has 0 aliphatic heterocycles. The maximum atomic E-state index is 13.0. The van der Waals surface area contributed by atoms with Crippen LogP contribution in [0.2, 0.25) is 0 Å². The minimum absolute atomic E-state index is 0.0648. The molecule has 0 spiro atoms. The van der Waals surface area contributed by atoms with Crippen molar-refractivity contribution in [3.05, 3.63) is 89.7 Å². The standard InChI is InChI=1S/C22H20FNO3/c1-26-19-9-5-16(6-10-19)14-22(25)24-15-17-3-2-4-21(13-17)27-20-11-7-18(23)8-12-20/h2-13H,14-15H2,1H3,(H,24,25). The Kier molecular flexibility index (Phi) is 6.05. The molecule has 0 atom stereocenters. The van der Waals surface area contributed by atoms with Crippen molar-refractivity contribution in [1.29, 1.82) is 0 Å². The number of ether oxygens (including phenoxy) is 2. The Morgan fingerprint density at radius 1 is 0.889 bits per heavy atom.